The Morgan fingerprint density at radius 2 is 2.00 bits per heavy atom. The number of amides is 1. The molecule has 1 amide bonds. The lowest BCUT2D eigenvalue weighted by atomic mass is 10.1. The van der Waals surface area contributed by atoms with E-state index >= 15 is 0 Å². The quantitative estimate of drug-likeness (QED) is 0.837. The average molecular weight is 313 g/mol. The highest BCUT2D eigenvalue weighted by Crippen LogP contribution is 2.46. The SMILES string of the molecule is NC(=S)C1(C(=O)NCc2ccc(Br)cc2)CC1. The Kier molecular flexibility index (Phi) is 3.49. The van der Waals surface area contributed by atoms with E-state index < -0.39 is 5.41 Å². The van der Waals surface area contributed by atoms with Gasteiger partial charge in [0.05, 0.1) is 10.4 Å². The largest absolute Gasteiger partial charge is 0.392 e. The lowest BCUT2D eigenvalue weighted by molar-refractivity contribution is -0.124. The third kappa shape index (κ3) is 2.66. The summed E-state index contributed by atoms with van der Waals surface area (Å²) < 4.78 is 1.02. The van der Waals surface area contributed by atoms with Crippen LogP contribution in [0, 0.1) is 5.41 Å². The first-order valence-corrected chi connectivity index (χ1v) is 6.57. The Morgan fingerprint density at radius 1 is 1.41 bits per heavy atom. The van der Waals surface area contributed by atoms with Crippen molar-refractivity contribution in [1.82, 2.24) is 5.32 Å². The highest BCUT2D eigenvalue weighted by Gasteiger charge is 2.52. The monoisotopic (exact) mass is 312 g/mol. The van der Waals surface area contributed by atoms with Crippen LogP contribution in [-0.4, -0.2) is 10.9 Å². The fraction of sp³-hybridized carbons (Fsp3) is 0.333. The van der Waals surface area contributed by atoms with Crippen LogP contribution >= 0.6 is 28.1 Å². The fourth-order valence-electron chi connectivity index (χ4n) is 1.66. The van der Waals surface area contributed by atoms with Gasteiger partial charge in [-0.15, -0.1) is 0 Å². The van der Waals surface area contributed by atoms with Crippen molar-refractivity contribution in [2.24, 2.45) is 11.1 Å². The number of nitrogens with two attached hydrogens (primary N) is 1. The van der Waals surface area contributed by atoms with E-state index in [0.29, 0.717) is 11.5 Å². The number of halogens is 1. The summed E-state index contributed by atoms with van der Waals surface area (Å²) in [6.45, 7) is 0.510. The van der Waals surface area contributed by atoms with Gasteiger partial charge in [0.2, 0.25) is 5.91 Å². The van der Waals surface area contributed by atoms with Crippen molar-refractivity contribution in [2.45, 2.75) is 19.4 Å². The second kappa shape index (κ2) is 4.74. The summed E-state index contributed by atoms with van der Waals surface area (Å²) in [4.78, 5) is 12.2. The van der Waals surface area contributed by atoms with Gasteiger partial charge in [0.1, 0.15) is 0 Å². The summed E-state index contributed by atoms with van der Waals surface area (Å²) in [5.41, 5.74) is 6.08. The zero-order chi connectivity index (χ0) is 12.5. The van der Waals surface area contributed by atoms with E-state index in [1.807, 2.05) is 24.3 Å². The van der Waals surface area contributed by atoms with Crippen molar-refractivity contribution < 1.29 is 4.79 Å². The standard InChI is InChI=1S/C12H13BrN2OS/c13-9-3-1-8(2-4-9)7-15-11(16)12(5-6-12)10(14)17/h1-4H,5-7H2,(H2,14,17)(H,15,16). The number of hydrogen-bond acceptors (Lipinski definition) is 2. The molecule has 0 saturated heterocycles. The van der Waals surface area contributed by atoms with Crippen molar-refractivity contribution in [3.63, 3.8) is 0 Å². The number of nitrogens with one attached hydrogen (secondary N) is 1. The normalized spacial score (nSPS) is 16.3. The Hall–Kier alpha value is -0.940. The zero-order valence-electron chi connectivity index (χ0n) is 9.20. The third-order valence-corrected chi connectivity index (χ3v) is 3.94. The van der Waals surface area contributed by atoms with Crippen molar-refractivity contribution in [3.05, 3.63) is 34.3 Å². The summed E-state index contributed by atoms with van der Waals surface area (Å²) in [5.74, 6) is -0.0482. The fourth-order valence-corrected chi connectivity index (χ4v) is 2.23. The molecule has 0 aromatic heterocycles. The highest BCUT2D eigenvalue weighted by atomic mass is 79.9. The van der Waals surface area contributed by atoms with Gasteiger partial charge < -0.3 is 11.1 Å². The molecule has 1 aromatic carbocycles. The molecular weight excluding hydrogens is 300 g/mol. The van der Waals surface area contributed by atoms with E-state index in [4.69, 9.17) is 18.0 Å². The van der Waals surface area contributed by atoms with Gasteiger partial charge in [-0.1, -0.05) is 40.3 Å². The molecule has 17 heavy (non-hydrogen) atoms. The van der Waals surface area contributed by atoms with Crippen LogP contribution in [-0.2, 0) is 11.3 Å². The van der Waals surface area contributed by atoms with Crippen LogP contribution in [0.2, 0.25) is 0 Å². The molecule has 0 atom stereocenters. The summed E-state index contributed by atoms with van der Waals surface area (Å²) in [6.07, 6.45) is 1.54. The van der Waals surface area contributed by atoms with Crippen molar-refractivity contribution >= 4 is 39.0 Å². The Morgan fingerprint density at radius 3 is 2.47 bits per heavy atom. The highest BCUT2D eigenvalue weighted by molar-refractivity contribution is 9.10. The zero-order valence-corrected chi connectivity index (χ0v) is 11.6. The van der Waals surface area contributed by atoms with Crippen LogP contribution in [0.15, 0.2) is 28.7 Å². The molecule has 3 nitrogen and oxygen atoms in total. The molecule has 0 radical (unpaired) electrons. The second-order valence-electron chi connectivity index (χ2n) is 4.26. The lowest BCUT2D eigenvalue weighted by Crippen LogP contribution is -2.39. The van der Waals surface area contributed by atoms with E-state index in [-0.39, 0.29) is 5.91 Å². The predicted molar refractivity (Wildman–Crippen MR) is 74.4 cm³/mol. The number of rotatable bonds is 4. The first-order chi connectivity index (χ1) is 8.04. The molecule has 0 aliphatic heterocycles. The van der Waals surface area contributed by atoms with E-state index in [1.54, 1.807) is 0 Å². The average Bonchev–Trinajstić information content (AvgIpc) is 3.09. The maximum Gasteiger partial charge on any atom is 0.233 e. The van der Waals surface area contributed by atoms with Crippen LogP contribution in [0.5, 0.6) is 0 Å². The molecule has 1 fully saturated rings. The van der Waals surface area contributed by atoms with Gasteiger partial charge in [-0.2, -0.15) is 0 Å². The second-order valence-corrected chi connectivity index (χ2v) is 5.61. The summed E-state index contributed by atoms with van der Waals surface area (Å²) in [5, 5.41) is 2.88. The Bertz CT molecular complexity index is 454. The molecule has 0 spiro atoms. The van der Waals surface area contributed by atoms with E-state index in [2.05, 4.69) is 21.2 Å². The van der Waals surface area contributed by atoms with Gasteiger partial charge >= 0.3 is 0 Å². The maximum atomic E-state index is 11.9. The molecule has 1 aliphatic rings. The Balaban J connectivity index is 1.93. The molecule has 5 heteroatoms. The minimum absolute atomic E-state index is 0.0482. The van der Waals surface area contributed by atoms with Gasteiger partial charge in [0.25, 0.3) is 0 Å². The van der Waals surface area contributed by atoms with Crippen LogP contribution < -0.4 is 11.1 Å². The van der Waals surface area contributed by atoms with Crippen LogP contribution in [0.25, 0.3) is 0 Å². The van der Waals surface area contributed by atoms with Crippen molar-refractivity contribution in [2.75, 3.05) is 0 Å². The van der Waals surface area contributed by atoms with Gasteiger partial charge in [-0.05, 0) is 30.5 Å². The molecule has 0 bridgehead atoms. The number of carbonyl (C=O) groups excluding carboxylic acids is 1. The summed E-state index contributed by atoms with van der Waals surface area (Å²) in [6, 6.07) is 7.82. The minimum Gasteiger partial charge on any atom is -0.392 e. The van der Waals surface area contributed by atoms with Crippen molar-refractivity contribution in [1.29, 1.82) is 0 Å². The summed E-state index contributed by atoms with van der Waals surface area (Å²) >= 11 is 8.29. The molecular formula is C12H13BrN2OS. The Labute approximate surface area is 114 Å². The molecule has 1 aliphatic carbocycles. The van der Waals surface area contributed by atoms with Gasteiger partial charge in [0.15, 0.2) is 0 Å². The van der Waals surface area contributed by atoms with Crippen LogP contribution in [0.3, 0.4) is 0 Å². The van der Waals surface area contributed by atoms with Crippen molar-refractivity contribution in [3.8, 4) is 0 Å². The lowest BCUT2D eigenvalue weighted by Gasteiger charge is -2.13. The van der Waals surface area contributed by atoms with E-state index in [0.717, 1.165) is 22.9 Å². The predicted octanol–water partition coefficient (Wildman–Crippen LogP) is 2.13. The van der Waals surface area contributed by atoms with Crippen LogP contribution in [0.4, 0.5) is 0 Å². The first-order valence-electron chi connectivity index (χ1n) is 5.37. The molecule has 2 rings (SSSR count). The molecule has 0 heterocycles. The summed E-state index contributed by atoms with van der Waals surface area (Å²) in [7, 11) is 0. The number of thiocarbonyl (C=S) groups is 1. The smallest absolute Gasteiger partial charge is 0.233 e. The molecule has 0 unspecified atom stereocenters. The molecule has 3 N–H and O–H groups in total. The third-order valence-electron chi connectivity index (χ3n) is 3.02. The number of hydrogen-bond donors (Lipinski definition) is 2. The molecule has 1 aromatic rings. The minimum atomic E-state index is -0.565. The molecule has 90 valence electrons. The van der Waals surface area contributed by atoms with Gasteiger partial charge in [0, 0.05) is 11.0 Å². The first kappa shape index (κ1) is 12.5. The number of benzene rings is 1. The van der Waals surface area contributed by atoms with E-state index in [1.165, 1.54) is 0 Å². The topological polar surface area (TPSA) is 55.1 Å². The van der Waals surface area contributed by atoms with Crippen LogP contribution in [0.1, 0.15) is 18.4 Å². The van der Waals surface area contributed by atoms with Gasteiger partial charge in [-0.25, -0.2) is 0 Å². The maximum absolute atomic E-state index is 11.9. The molecule has 1 saturated carbocycles. The van der Waals surface area contributed by atoms with Gasteiger partial charge in [-0.3, -0.25) is 4.79 Å². The number of carbonyl (C=O) groups is 1. The van der Waals surface area contributed by atoms with E-state index in [9.17, 15) is 4.79 Å².